The van der Waals surface area contributed by atoms with Crippen LogP contribution in [0.3, 0.4) is 0 Å². The summed E-state index contributed by atoms with van der Waals surface area (Å²) in [5, 5.41) is 5.55. The van der Waals surface area contributed by atoms with Crippen LogP contribution in [0.25, 0.3) is 0 Å². The fourth-order valence-corrected chi connectivity index (χ4v) is 1.90. The summed E-state index contributed by atoms with van der Waals surface area (Å²) in [6.07, 6.45) is 0.457. The highest BCUT2D eigenvalue weighted by Crippen LogP contribution is 1.98. The van der Waals surface area contributed by atoms with E-state index in [2.05, 4.69) is 10.6 Å². The molecule has 0 saturated heterocycles. The molecule has 0 aliphatic rings. The number of ketones is 1. The number of carbonyl (C=O) groups excluding carboxylic acids is 2. The predicted octanol–water partition coefficient (Wildman–Crippen LogP) is 1.27. The SMILES string of the molecule is CNCSC(=O)NCCOCCOCCOCCC(=O)C(C)C. The number of Topliss-reactive ketones (excluding diaryl/α,β-unsaturated/α-hetero) is 1. The van der Waals surface area contributed by atoms with Crippen molar-refractivity contribution in [3.05, 3.63) is 0 Å². The summed E-state index contributed by atoms with van der Waals surface area (Å²) in [4.78, 5) is 22.6. The van der Waals surface area contributed by atoms with Gasteiger partial charge in [0.25, 0.3) is 5.24 Å². The Morgan fingerprint density at radius 2 is 1.52 bits per heavy atom. The minimum atomic E-state index is -0.0627. The molecule has 0 aromatic heterocycles. The van der Waals surface area contributed by atoms with Crippen LogP contribution in [0, 0.1) is 5.92 Å². The lowest BCUT2D eigenvalue weighted by atomic mass is 10.1. The van der Waals surface area contributed by atoms with Crippen LogP contribution in [-0.2, 0) is 19.0 Å². The van der Waals surface area contributed by atoms with Crippen molar-refractivity contribution in [1.82, 2.24) is 10.6 Å². The molecule has 136 valence electrons. The van der Waals surface area contributed by atoms with Gasteiger partial charge in [-0.1, -0.05) is 13.8 Å². The average Bonchev–Trinajstić information content (AvgIpc) is 2.53. The van der Waals surface area contributed by atoms with Gasteiger partial charge in [0.2, 0.25) is 0 Å². The van der Waals surface area contributed by atoms with Gasteiger partial charge in [-0.3, -0.25) is 9.59 Å². The molecule has 0 rings (SSSR count). The number of carbonyl (C=O) groups is 2. The molecule has 2 N–H and O–H groups in total. The minimum absolute atomic E-state index is 0.0627. The lowest BCUT2D eigenvalue weighted by Crippen LogP contribution is -2.25. The van der Waals surface area contributed by atoms with E-state index in [-0.39, 0.29) is 16.9 Å². The van der Waals surface area contributed by atoms with Crippen molar-refractivity contribution in [3.8, 4) is 0 Å². The van der Waals surface area contributed by atoms with Gasteiger partial charge in [0.1, 0.15) is 5.78 Å². The molecule has 0 aromatic carbocycles. The summed E-state index contributed by atoms with van der Waals surface area (Å²) < 4.78 is 16.0. The van der Waals surface area contributed by atoms with Crippen molar-refractivity contribution in [2.45, 2.75) is 20.3 Å². The van der Waals surface area contributed by atoms with Crippen molar-refractivity contribution < 1.29 is 23.8 Å². The Labute approximate surface area is 143 Å². The third kappa shape index (κ3) is 16.0. The summed E-state index contributed by atoms with van der Waals surface area (Å²) in [6.45, 7) is 7.09. The first kappa shape index (κ1) is 22.3. The third-order valence-electron chi connectivity index (χ3n) is 2.74. The molecule has 0 radical (unpaired) electrons. The number of rotatable bonds is 15. The van der Waals surface area contributed by atoms with Crippen LogP contribution in [-0.4, -0.2) is 70.1 Å². The predicted molar refractivity (Wildman–Crippen MR) is 91.8 cm³/mol. The number of amides is 1. The van der Waals surface area contributed by atoms with E-state index in [1.165, 1.54) is 11.8 Å². The minimum Gasteiger partial charge on any atom is -0.379 e. The van der Waals surface area contributed by atoms with E-state index in [4.69, 9.17) is 14.2 Å². The van der Waals surface area contributed by atoms with E-state index in [0.29, 0.717) is 58.5 Å². The molecule has 0 fully saturated rings. The van der Waals surface area contributed by atoms with Gasteiger partial charge in [-0.05, 0) is 18.8 Å². The fraction of sp³-hybridized carbons (Fsp3) is 0.867. The first-order valence-electron chi connectivity index (χ1n) is 7.89. The molecular formula is C15H30N2O5S. The van der Waals surface area contributed by atoms with Crippen molar-refractivity contribution in [2.24, 2.45) is 5.92 Å². The maximum atomic E-state index is 11.3. The normalized spacial score (nSPS) is 11.0. The van der Waals surface area contributed by atoms with Gasteiger partial charge in [-0.2, -0.15) is 0 Å². The summed E-state index contributed by atoms with van der Waals surface area (Å²) in [6, 6.07) is 0. The van der Waals surface area contributed by atoms with Gasteiger partial charge in [0.05, 0.1) is 45.5 Å². The summed E-state index contributed by atoms with van der Waals surface area (Å²) >= 11 is 1.18. The second-order valence-corrected chi connectivity index (χ2v) is 6.01. The van der Waals surface area contributed by atoms with Crippen LogP contribution in [0.4, 0.5) is 4.79 Å². The maximum absolute atomic E-state index is 11.3. The highest BCUT2D eigenvalue weighted by molar-refractivity contribution is 8.13. The van der Waals surface area contributed by atoms with Crippen molar-refractivity contribution >= 4 is 22.8 Å². The summed E-state index contributed by atoms with van der Waals surface area (Å²) in [5.74, 6) is 0.878. The standard InChI is InChI=1S/C15H30N2O5S/c1-13(2)14(18)4-6-20-8-10-22-11-9-21-7-5-17-15(19)23-12-16-3/h13,16H,4-12H2,1-3H3,(H,17,19). The number of hydrogen-bond donors (Lipinski definition) is 2. The van der Waals surface area contributed by atoms with Crippen molar-refractivity contribution in [3.63, 3.8) is 0 Å². The molecule has 0 aliphatic carbocycles. The zero-order valence-electron chi connectivity index (χ0n) is 14.4. The molecule has 0 atom stereocenters. The zero-order valence-corrected chi connectivity index (χ0v) is 15.2. The van der Waals surface area contributed by atoms with Crippen LogP contribution in [0.5, 0.6) is 0 Å². The molecule has 0 heterocycles. The maximum Gasteiger partial charge on any atom is 0.280 e. The number of nitrogens with one attached hydrogen (secondary N) is 2. The third-order valence-corrected chi connectivity index (χ3v) is 3.58. The highest BCUT2D eigenvalue weighted by atomic mass is 32.2. The Morgan fingerprint density at radius 1 is 0.957 bits per heavy atom. The lowest BCUT2D eigenvalue weighted by molar-refractivity contribution is -0.123. The Balaban J connectivity index is 3.16. The summed E-state index contributed by atoms with van der Waals surface area (Å²) in [7, 11) is 1.79. The molecule has 0 aromatic rings. The van der Waals surface area contributed by atoms with E-state index < -0.39 is 0 Å². The molecule has 0 bridgehead atoms. The van der Waals surface area contributed by atoms with E-state index in [1.54, 1.807) is 7.05 Å². The van der Waals surface area contributed by atoms with E-state index in [1.807, 2.05) is 13.8 Å². The van der Waals surface area contributed by atoms with Crippen LogP contribution >= 0.6 is 11.8 Å². The van der Waals surface area contributed by atoms with Gasteiger partial charge in [0, 0.05) is 18.9 Å². The second-order valence-electron chi connectivity index (χ2n) is 5.06. The van der Waals surface area contributed by atoms with Gasteiger partial charge in [-0.25, -0.2) is 0 Å². The molecule has 23 heavy (non-hydrogen) atoms. The number of ether oxygens (including phenoxy) is 3. The van der Waals surface area contributed by atoms with Gasteiger partial charge in [0.15, 0.2) is 0 Å². The molecule has 0 saturated carbocycles. The molecule has 7 nitrogen and oxygen atoms in total. The Bertz CT molecular complexity index is 316. The smallest absolute Gasteiger partial charge is 0.280 e. The van der Waals surface area contributed by atoms with Crippen LogP contribution in [0.1, 0.15) is 20.3 Å². The quantitative estimate of drug-likeness (QED) is 0.340. The Kier molecular flexibility index (Phi) is 15.7. The van der Waals surface area contributed by atoms with Gasteiger partial charge >= 0.3 is 0 Å². The number of thioether (sulfide) groups is 1. The topological polar surface area (TPSA) is 85.9 Å². The van der Waals surface area contributed by atoms with Crippen LogP contribution in [0.15, 0.2) is 0 Å². The lowest BCUT2D eigenvalue weighted by Gasteiger charge is -2.08. The molecule has 0 spiro atoms. The highest BCUT2D eigenvalue weighted by Gasteiger charge is 2.06. The number of hydrogen-bond acceptors (Lipinski definition) is 7. The largest absolute Gasteiger partial charge is 0.379 e. The molecule has 0 unspecified atom stereocenters. The Hall–Kier alpha value is -0.670. The van der Waals surface area contributed by atoms with Crippen LogP contribution < -0.4 is 10.6 Å². The van der Waals surface area contributed by atoms with Crippen molar-refractivity contribution in [2.75, 3.05) is 59.1 Å². The van der Waals surface area contributed by atoms with Crippen LogP contribution in [0.2, 0.25) is 0 Å². The van der Waals surface area contributed by atoms with Gasteiger partial charge < -0.3 is 24.8 Å². The van der Waals surface area contributed by atoms with Crippen molar-refractivity contribution in [1.29, 1.82) is 0 Å². The molecule has 0 aliphatic heterocycles. The molecule has 1 amide bonds. The second kappa shape index (κ2) is 16.2. The first-order valence-corrected chi connectivity index (χ1v) is 8.87. The van der Waals surface area contributed by atoms with E-state index >= 15 is 0 Å². The summed E-state index contributed by atoms with van der Waals surface area (Å²) in [5.41, 5.74) is 0. The van der Waals surface area contributed by atoms with Gasteiger partial charge in [-0.15, -0.1) is 0 Å². The monoisotopic (exact) mass is 350 g/mol. The Morgan fingerprint density at radius 3 is 2.09 bits per heavy atom. The van der Waals surface area contributed by atoms with E-state index in [0.717, 1.165) is 0 Å². The zero-order chi connectivity index (χ0) is 17.3. The molecule has 8 heteroatoms. The average molecular weight is 350 g/mol. The molecular weight excluding hydrogens is 320 g/mol. The first-order chi connectivity index (χ1) is 11.1. The van der Waals surface area contributed by atoms with E-state index in [9.17, 15) is 9.59 Å². The fourth-order valence-electron chi connectivity index (χ4n) is 1.42.